The molecule has 0 spiro atoms. The summed E-state index contributed by atoms with van der Waals surface area (Å²) in [5.74, 6) is -0.243. The van der Waals surface area contributed by atoms with Crippen LogP contribution in [0.2, 0.25) is 0 Å². The van der Waals surface area contributed by atoms with Crippen LogP contribution in [-0.4, -0.2) is 27.9 Å². The van der Waals surface area contributed by atoms with E-state index in [1.165, 1.54) is 28.0 Å². The predicted octanol–water partition coefficient (Wildman–Crippen LogP) is 7.28. The molecule has 1 atom stereocenters. The molecule has 36 heavy (non-hydrogen) atoms. The molecule has 0 bridgehead atoms. The summed E-state index contributed by atoms with van der Waals surface area (Å²) >= 11 is 3.25. The Bertz CT molecular complexity index is 1290. The lowest BCUT2D eigenvalue weighted by Crippen LogP contribution is -2.31. The van der Waals surface area contributed by atoms with E-state index >= 15 is 0 Å². The van der Waals surface area contributed by atoms with Crippen LogP contribution >= 0.6 is 23.1 Å². The van der Waals surface area contributed by atoms with Gasteiger partial charge in [-0.15, -0.1) is 11.8 Å². The van der Waals surface area contributed by atoms with Crippen LogP contribution in [-0.2, 0) is 9.54 Å². The molecule has 4 nitrogen and oxygen atoms in total. The first kappa shape index (κ1) is 24.1. The second-order valence-corrected chi connectivity index (χ2v) is 10.8. The molecule has 1 heterocycles. The zero-order valence-corrected chi connectivity index (χ0v) is 21.2. The van der Waals surface area contributed by atoms with Crippen molar-refractivity contribution >= 4 is 44.4 Å². The van der Waals surface area contributed by atoms with Gasteiger partial charge in [0, 0.05) is 0 Å². The van der Waals surface area contributed by atoms with Crippen molar-refractivity contribution in [3.63, 3.8) is 0 Å². The van der Waals surface area contributed by atoms with Crippen LogP contribution in [0.1, 0.15) is 23.1 Å². The van der Waals surface area contributed by atoms with Crippen LogP contribution in [0.15, 0.2) is 115 Å². The highest BCUT2D eigenvalue weighted by atomic mass is 32.2. The molecule has 0 aliphatic heterocycles. The molecule has 5 aromatic rings. The van der Waals surface area contributed by atoms with Gasteiger partial charge in [-0.1, -0.05) is 114 Å². The molecule has 0 radical (unpaired) electrons. The van der Waals surface area contributed by atoms with Gasteiger partial charge in [-0.2, -0.15) is 0 Å². The summed E-state index contributed by atoms with van der Waals surface area (Å²) in [6.07, 6.45) is 0.449. The number of hydrogen-bond donors (Lipinski definition) is 2. The Hall–Kier alpha value is -3.61. The van der Waals surface area contributed by atoms with Crippen molar-refractivity contribution in [2.24, 2.45) is 0 Å². The van der Waals surface area contributed by atoms with E-state index in [9.17, 15) is 9.90 Å². The summed E-state index contributed by atoms with van der Waals surface area (Å²) < 4.78 is 0.567. The maximum Gasteiger partial charge on any atom is 0.326 e. The van der Waals surface area contributed by atoms with E-state index in [-0.39, 0.29) is 0 Å². The molecule has 5 rings (SSSR count). The largest absolute Gasteiger partial charge is 0.480 e. The van der Waals surface area contributed by atoms with Gasteiger partial charge in [-0.25, -0.2) is 9.78 Å². The fourth-order valence-electron chi connectivity index (χ4n) is 4.44. The number of rotatable bonds is 10. The standard InChI is InChI=1S/C30H26N2O2S2/c33-28(34)26(32-29-31-25-18-10-11-19-27(25)36-29)20-21-35-30(22-12-4-1-5-13-22,23-14-6-2-7-15-23)24-16-8-3-9-17-24/h1-19,26H,20-21H2,(H,31,32)(H,33,34)/t26-/m0/s1. The van der Waals surface area contributed by atoms with Crippen LogP contribution in [0, 0.1) is 0 Å². The van der Waals surface area contributed by atoms with Crippen LogP contribution in [0.4, 0.5) is 5.13 Å². The van der Waals surface area contributed by atoms with Crippen molar-refractivity contribution < 1.29 is 9.90 Å². The second kappa shape index (κ2) is 11.0. The topological polar surface area (TPSA) is 62.2 Å². The van der Waals surface area contributed by atoms with Crippen molar-refractivity contribution in [1.29, 1.82) is 0 Å². The van der Waals surface area contributed by atoms with E-state index in [0.717, 1.165) is 10.2 Å². The first-order chi connectivity index (χ1) is 17.7. The van der Waals surface area contributed by atoms with Gasteiger partial charge in [0.15, 0.2) is 5.13 Å². The number of anilines is 1. The summed E-state index contributed by atoms with van der Waals surface area (Å²) in [6, 6.07) is 38.5. The van der Waals surface area contributed by atoms with E-state index in [2.05, 4.69) is 83.1 Å². The molecule has 0 saturated carbocycles. The summed E-state index contributed by atoms with van der Waals surface area (Å²) in [4.78, 5) is 16.8. The molecule has 0 unspecified atom stereocenters. The third-order valence-corrected chi connectivity index (χ3v) is 8.70. The Morgan fingerprint density at radius 1 is 0.806 bits per heavy atom. The number of benzene rings is 4. The molecule has 0 aliphatic rings. The van der Waals surface area contributed by atoms with Gasteiger partial charge in [0.25, 0.3) is 0 Å². The number of thiazole rings is 1. The van der Waals surface area contributed by atoms with Crippen LogP contribution < -0.4 is 5.32 Å². The lowest BCUT2D eigenvalue weighted by Gasteiger charge is -2.35. The Morgan fingerprint density at radius 2 is 1.31 bits per heavy atom. The molecule has 2 N–H and O–H groups in total. The zero-order chi connectivity index (χ0) is 24.8. The highest BCUT2D eigenvalue weighted by molar-refractivity contribution is 8.00. The van der Waals surface area contributed by atoms with Gasteiger partial charge in [0.1, 0.15) is 6.04 Å². The van der Waals surface area contributed by atoms with Crippen molar-refractivity contribution in [3.8, 4) is 0 Å². The van der Waals surface area contributed by atoms with Crippen LogP contribution in [0.5, 0.6) is 0 Å². The van der Waals surface area contributed by atoms with Crippen molar-refractivity contribution in [2.75, 3.05) is 11.1 Å². The highest BCUT2D eigenvalue weighted by Crippen LogP contribution is 2.48. The number of hydrogen-bond acceptors (Lipinski definition) is 5. The minimum Gasteiger partial charge on any atom is -0.480 e. The Kier molecular flexibility index (Phi) is 7.35. The number of thioether (sulfide) groups is 1. The first-order valence-corrected chi connectivity index (χ1v) is 13.6. The molecular formula is C30H26N2O2S2. The number of fused-ring (bicyclic) bond motifs is 1. The fraction of sp³-hybridized carbons (Fsp3) is 0.133. The first-order valence-electron chi connectivity index (χ1n) is 11.8. The SMILES string of the molecule is O=C(O)[C@H](CCSC(c1ccccc1)(c1ccccc1)c1ccccc1)Nc1nc2ccccc2s1. The number of nitrogens with zero attached hydrogens (tertiary/aromatic N) is 1. The second-order valence-electron chi connectivity index (χ2n) is 8.44. The molecule has 0 fully saturated rings. The lowest BCUT2D eigenvalue weighted by molar-refractivity contribution is -0.137. The average Bonchev–Trinajstić information content (AvgIpc) is 3.34. The summed E-state index contributed by atoms with van der Waals surface area (Å²) in [6.45, 7) is 0. The molecule has 1 aromatic heterocycles. The highest BCUT2D eigenvalue weighted by Gasteiger charge is 2.37. The molecule has 4 aromatic carbocycles. The lowest BCUT2D eigenvalue weighted by atomic mass is 9.84. The van der Waals surface area contributed by atoms with E-state index in [1.54, 1.807) is 11.8 Å². The third-order valence-electron chi connectivity index (χ3n) is 6.16. The van der Waals surface area contributed by atoms with Gasteiger partial charge in [-0.05, 0) is 41.0 Å². The predicted molar refractivity (Wildman–Crippen MR) is 151 cm³/mol. The van der Waals surface area contributed by atoms with E-state index in [4.69, 9.17) is 0 Å². The average molecular weight is 511 g/mol. The molecule has 0 aliphatic carbocycles. The Morgan fingerprint density at radius 3 is 1.81 bits per heavy atom. The summed E-state index contributed by atoms with van der Waals surface area (Å²) in [5, 5.41) is 13.8. The van der Waals surface area contributed by atoms with Crippen molar-refractivity contribution in [2.45, 2.75) is 17.2 Å². The summed E-state index contributed by atoms with van der Waals surface area (Å²) in [5.41, 5.74) is 4.37. The maximum absolute atomic E-state index is 12.2. The molecule has 180 valence electrons. The number of carboxylic acids is 1. The molecule has 0 saturated heterocycles. The smallest absolute Gasteiger partial charge is 0.326 e. The van der Waals surface area contributed by atoms with Crippen LogP contribution in [0.25, 0.3) is 10.2 Å². The van der Waals surface area contributed by atoms with E-state index < -0.39 is 16.8 Å². The third kappa shape index (κ3) is 5.01. The van der Waals surface area contributed by atoms with E-state index in [0.29, 0.717) is 17.3 Å². The number of nitrogens with one attached hydrogen (secondary N) is 1. The van der Waals surface area contributed by atoms with Crippen molar-refractivity contribution in [3.05, 3.63) is 132 Å². The minimum absolute atomic E-state index is 0.449. The zero-order valence-electron chi connectivity index (χ0n) is 19.6. The summed E-state index contributed by atoms with van der Waals surface area (Å²) in [7, 11) is 0. The number of carboxylic acid groups (broad SMARTS) is 1. The number of carbonyl (C=O) groups is 1. The number of para-hydroxylation sites is 1. The quantitative estimate of drug-likeness (QED) is 0.193. The number of aromatic nitrogens is 1. The molecular weight excluding hydrogens is 484 g/mol. The van der Waals surface area contributed by atoms with Gasteiger partial charge in [0.2, 0.25) is 0 Å². The van der Waals surface area contributed by atoms with Crippen LogP contribution in [0.3, 0.4) is 0 Å². The van der Waals surface area contributed by atoms with Gasteiger partial charge in [-0.3, -0.25) is 0 Å². The monoisotopic (exact) mass is 510 g/mol. The van der Waals surface area contributed by atoms with Gasteiger partial charge >= 0.3 is 5.97 Å². The van der Waals surface area contributed by atoms with Gasteiger partial charge < -0.3 is 10.4 Å². The molecule has 0 amide bonds. The molecule has 6 heteroatoms. The minimum atomic E-state index is -0.875. The fourth-order valence-corrected chi connectivity index (χ4v) is 6.93. The maximum atomic E-state index is 12.2. The van der Waals surface area contributed by atoms with Crippen molar-refractivity contribution in [1.82, 2.24) is 4.98 Å². The van der Waals surface area contributed by atoms with Gasteiger partial charge in [0.05, 0.1) is 15.0 Å². The van der Waals surface area contributed by atoms with E-state index in [1.807, 2.05) is 42.5 Å². The Balaban J connectivity index is 1.45. The normalized spacial score (nSPS) is 12.3. The Labute approximate surface area is 219 Å². The number of aliphatic carboxylic acids is 1.